The molecule has 90 valence electrons. The summed E-state index contributed by atoms with van der Waals surface area (Å²) >= 11 is 0. The zero-order valence-corrected chi connectivity index (χ0v) is 10.4. The van der Waals surface area contributed by atoms with Crippen LogP contribution in [0, 0.1) is 5.41 Å². The molecule has 0 unspecified atom stereocenters. The van der Waals surface area contributed by atoms with Crippen LogP contribution in [0.15, 0.2) is 48.1 Å². The predicted octanol–water partition coefficient (Wildman–Crippen LogP) is 2.74. The zero-order valence-electron chi connectivity index (χ0n) is 10.4. The Balaban J connectivity index is 2.63. The Bertz CT molecular complexity index is 479. The lowest BCUT2D eigenvalue weighted by atomic mass is 9.74. The second kappa shape index (κ2) is 3.83. The Morgan fingerprint density at radius 2 is 1.53 bits per heavy atom. The third-order valence-electron chi connectivity index (χ3n) is 3.50. The topological polar surface area (TPSA) is 40.5 Å². The van der Waals surface area contributed by atoms with E-state index in [-0.39, 0.29) is 5.41 Å². The Hall–Kier alpha value is -1.38. The molecular formula is C15H18O2. The summed E-state index contributed by atoms with van der Waals surface area (Å²) in [6, 6.07) is 9.51. The van der Waals surface area contributed by atoms with Crippen molar-refractivity contribution in [1.82, 2.24) is 0 Å². The van der Waals surface area contributed by atoms with Crippen molar-refractivity contribution in [3.05, 3.63) is 53.6 Å². The van der Waals surface area contributed by atoms with Gasteiger partial charge in [0, 0.05) is 11.0 Å². The van der Waals surface area contributed by atoms with Gasteiger partial charge in [-0.1, -0.05) is 55.8 Å². The van der Waals surface area contributed by atoms with E-state index in [4.69, 9.17) is 0 Å². The van der Waals surface area contributed by atoms with Crippen molar-refractivity contribution < 1.29 is 10.2 Å². The van der Waals surface area contributed by atoms with Gasteiger partial charge in [-0.3, -0.25) is 0 Å². The first-order chi connectivity index (χ1) is 7.84. The molecule has 0 aromatic heterocycles. The summed E-state index contributed by atoms with van der Waals surface area (Å²) in [6.07, 6.45) is 3.30. The molecule has 1 aliphatic rings. The van der Waals surface area contributed by atoms with Crippen LogP contribution >= 0.6 is 0 Å². The van der Waals surface area contributed by atoms with Crippen LogP contribution in [0.4, 0.5) is 0 Å². The quantitative estimate of drug-likeness (QED) is 0.575. The average Bonchev–Trinajstić information content (AvgIpc) is 2.27. The summed E-state index contributed by atoms with van der Waals surface area (Å²) in [6.45, 7) is 6.08. The molecule has 17 heavy (non-hydrogen) atoms. The van der Waals surface area contributed by atoms with Gasteiger partial charge in [0.1, 0.15) is 0 Å². The molecule has 0 radical (unpaired) electrons. The van der Waals surface area contributed by atoms with E-state index >= 15 is 0 Å². The average molecular weight is 230 g/mol. The molecule has 0 aliphatic heterocycles. The molecule has 0 spiro atoms. The van der Waals surface area contributed by atoms with E-state index in [0.717, 1.165) is 11.1 Å². The van der Waals surface area contributed by atoms with Crippen LogP contribution in [-0.2, 0) is 0 Å². The van der Waals surface area contributed by atoms with Gasteiger partial charge in [0.25, 0.3) is 0 Å². The molecule has 0 saturated heterocycles. The van der Waals surface area contributed by atoms with Gasteiger partial charge < -0.3 is 10.2 Å². The smallest absolute Gasteiger partial charge is 0.210 e. The van der Waals surface area contributed by atoms with E-state index in [1.807, 2.05) is 43.3 Å². The molecule has 1 aromatic carbocycles. The van der Waals surface area contributed by atoms with Gasteiger partial charge in [0.05, 0.1) is 0 Å². The fourth-order valence-electron chi connectivity index (χ4n) is 2.16. The Morgan fingerprint density at radius 3 is 2.12 bits per heavy atom. The minimum Gasteiger partial charge on any atom is -0.359 e. The van der Waals surface area contributed by atoms with Crippen LogP contribution in [0.2, 0.25) is 0 Å². The summed E-state index contributed by atoms with van der Waals surface area (Å²) in [4.78, 5) is 0. The first kappa shape index (κ1) is 12.1. The molecule has 1 aromatic rings. The molecular weight excluding hydrogens is 212 g/mol. The van der Waals surface area contributed by atoms with Crippen LogP contribution in [0.5, 0.6) is 0 Å². The fourth-order valence-corrected chi connectivity index (χ4v) is 2.16. The maximum absolute atomic E-state index is 10.1. The number of rotatable bonds is 1. The number of hydrogen-bond donors (Lipinski definition) is 2. The van der Waals surface area contributed by atoms with Crippen molar-refractivity contribution in [2.45, 2.75) is 26.6 Å². The first-order valence-electron chi connectivity index (χ1n) is 5.77. The lowest BCUT2D eigenvalue weighted by molar-refractivity contribution is -0.0674. The molecule has 2 heteroatoms. The first-order valence-corrected chi connectivity index (χ1v) is 5.77. The minimum absolute atomic E-state index is 0.153. The Morgan fingerprint density at radius 1 is 0.941 bits per heavy atom. The van der Waals surface area contributed by atoms with Crippen LogP contribution in [0.3, 0.4) is 0 Å². The lowest BCUT2D eigenvalue weighted by Crippen LogP contribution is -2.34. The third kappa shape index (κ3) is 2.06. The van der Waals surface area contributed by atoms with Crippen LogP contribution in [0.25, 0.3) is 5.57 Å². The normalized spacial score (nSPS) is 21.7. The van der Waals surface area contributed by atoms with E-state index in [0.29, 0.717) is 5.57 Å². The van der Waals surface area contributed by atoms with Crippen molar-refractivity contribution in [3.8, 4) is 0 Å². The van der Waals surface area contributed by atoms with Crippen LogP contribution in [-0.4, -0.2) is 16.0 Å². The summed E-state index contributed by atoms with van der Waals surface area (Å²) in [5.74, 6) is -1.87. The maximum Gasteiger partial charge on any atom is 0.210 e. The summed E-state index contributed by atoms with van der Waals surface area (Å²) in [5.41, 5.74) is 2.27. The number of aliphatic hydroxyl groups is 2. The monoisotopic (exact) mass is 230 g/mol. The highest BCUT2D eigenvalue weighted by Crippen LogP contribution is 2.43. The molecule has 2 rings (SSSR count). The molecule has 0 atom stereocenters. The highest BCUT2D eigenvalue weighted by Gasteiger charge is 2.36. The standard InChI is InChI=1S/C15H18O2/c1-11-13(12-7-5-4-6-8-12)15(16,17)10-9-14(11,2)3/h4-10,16-17H,1-3H3. The van der Waals surface area contributed by atoms with Gasteiger partial charge in [-0.2, -0.15) is 0 Å². The van der Waals surface area contributed by atoms with Gasteiger partial charge in [-0.05, 0) is 18.6 Å². The maximum atomic E-state index is 10.1. The van der Waals surface area contributed by atoms with Gasteiger partial charge in [-0.25, -0.2) is 0 Å². The SMILES string of the molecule is CC1=C(c2ccccc2)C(O)(O)C=CC1(C)C. The Labute approximate surface area is 102 Å². The summed E-state index contributed by atoms with van der Waals surface area (Å²) < 4.78 is 0. The lowest BCUT2D eigenvalue weighted by Gasteiger charge is -2.35. The molecule has 2 N–H and O–H groups in total. The molecule has 1 aliphatic carbocycles. The van der Waals surface area contributed by atoms with Crippen LogP contribution in [0.1, 0.15) is 26.3 Å². The van der Waals surface area contributed by atoms with Crippen LogP contribution < -0.4 is 0 Å². The molecule has 2 nitrogen and oxygen atoms in total. The van der Waals surface area contributed by atoms with Gasteiger partial charge in [0.2, 0.25) is 5.79 Å². The number of hydrogen-bond acceptors (Lipinski definition) is 2. The highest BCUT2D eigenvalue weighted by molar-refractivity contribution is 5.77. The van der Waals surface area contributed by atoms with Crippen molar-refractivity contribution in [1.29, 1.82) is 0 Å². The third-order valence-corrected chi connectivity index (χ3v) is 3.50. The van der Waals surface area contributed by atoms with Crippen molar-refractivity contribution in [2.75, 3.05) is 0 Å². The van der Waals surface area contributed by atoms with Crippen molar-refractivity contribution >= 4 is 5.57 Å². The fraction of sp³-hybridized carbons (Fsp3) is 0.333. The number of benzene rings is 1. The minimum atomic E-state index is -1.87. The van der Waals surface area contributed by atoms with E-state index in [1.165, 1.54) is 6.08 Å². The molecule has 0 saturated carbocycles. The second-order valence-corrected chi connectivity index (χ2v) is 5.15. The second-order valence-electron chi connectivity index (χ2n) is 5.15. The summed E-state index contributed by atoms with van der Waals surface area (Å²) in [7, 11) is 0. The van der Waals surface area contributed by atoms with Crippen molar-refractivity contribution in [2.24, 2.45) is 5.41 Å². The summed E-state index contributed by atoms with van der Waals surface area (Å²) in [5, 5.41) is 20.2. The largest absolute Gasteiger partial charge is 0.359 e. The van der Waals surface area contributed by atoms with Crippen molar-refractivity contribution in [3.63, 3.8) is 0 Å². The number of allylic oxidation sites excluding steroid dienone is 2. The molecule has 0 fully saturated rings. The van der Waals surface area contributed by atoms with Gasteiger partial charge in [-0.15, -0.1) is 0 Å². The molecule has 0 bridgehead atoms. The van der Waals surface area contributed by atoms with E-state index in [9.17, 15) is 10.2 Å². The molecule has 0 heterocycles. The van der Waals surface area contributed by atoms with E-state index < -0.39 is 5.79 Å². The van der Waals surface area contributed by atoms with E-state index in [1.54, 1.807) is 0 Å². The highest BCUT2D eigenvalue weighted by atomic mass is 16.5. The Kier molecular flexibility index (Phi) is 2.72. The molecule has 0 amide bonds. The predicted molar refractivity (Wildman–Crippen MR) is 69.1 cm³/mol. The zero-order chi connectivity index (χ0) is 12.7. The van der Waals surface area contributed by atoms with Gasteiger partial charge >= 0.3 is 0 Å². The van der Waals surface area contributed by atoms with Gasteiger partial charge in [0.15, 0.2) is 0 Å². The van der Waals surface area contributed by atoms with E-state index in [2.05, 4.69) is 13.8 Å².